The van der Waals surface area contributed by atoms with Crippen LogP contribution >= 0.6 is 11.3 Å². The van der Waals surface area contributed by atoms with Crippen LogP contribution in [0.25, 0.3) is 0 Å². The zero-order valence-corrected chi connectivity index (χ0v) is 5.43. The third kappa shape index (κ3) is 1.69. The molecule has 48 valence electrons. The fraction of sp³-hybridized carbons (Fsp3) is 0. The molecule has 0 spiro atoms. The topological polar surface area (TPSA) is 77.3 Å². The summed E-state index contributed by atoms with van der Waals surface area (Å²) < 4.78 is 0. The molecule has 4 N–H and O–H groups in total. The fourth-order valence-electron chi connectivity index (χ4n) is 0.394. The Kier molecular flexibility index (Phi) is 1.64. The average molecular weight is 142 g/mol. The molecule has 0 aromatic carbocycles. The van der Waals surface area contributed by atoms with Crippen LogP contribution in [0, 0.1) is 0 Å². The third-order valence-corrected chi connectivity index (χ3v) is 1.24. The van der Waals surface area contributed by atoms with E-state index in [2.05, 4.69) is 9.98 Å². The lowest BCUT2D eigenvalue weighted by molar-refractivity contribution is 1.31. The van der Waals surface area contributed by atoms with E-state index < -0.39 is 0 Å². The van der Waals surface area contributed by atoms with E-state index in [9.17, 15) is 0 Å². The molecule has 0 aliphatic carbocycles. The molecule has 0 fully saturated rings. The van der Waals surface area contributed by atoms with Crippen LogP contribution in [0.1, 0.15) is 0 Å². The van der Waals surface area contributed by atoms with Crippen LogP contribution < -0.4 is 11.5 Å². The number of aliphatic imine (C=N–C) groups is 1. The highest BCUT2D eigenvalue weighted by molar-refractivity contribution is 7.07. The van der Waals surface area contributed by atoms with Crippen molar-refractivity contribution in [2.75, 3.05) is 0 Å². The van der Waals surface area contributed by atoms with E-state index >= 15 is 0 Å². The second kappa shape index (κ2) is 2.45. The van der Waals surface area contributed by atoms with Crippen molar-refractivity contribution in [1.29, 1.82) is 0 Å². The van der Waals surface area contributed by atoms with Crippen LogP contribution in [0.15, 0.2) is 15.9 Å². The first-order valence-corrected chi connectivity index (χ1v) is 3.21. The van der Waals surface area contributed by atoms with E-state index in [0.717, 1.165) is 0 Å². The number of aromatic nitrogens is 1. The van der Waals surface area contributed by atoms with Crippen molar-refractivity contribution in [2.24, 2.45) is 16.5 Å². The molecule has 1 aromatic rings. The molecule has 0 saturated heterocycles. The maximum absolute atomic E-state index is 5.08. The largest absolute Gasteiger partial charge is 0.370 e. The summed E-state index contributed by atoms with van der Waals surface area (Å²) in [5.41, 5.74) is 11.8. The highest BCUT2D eigenvalue weighted by Gasteiger charge is 1.87. The van der Waals surface area contributed by atoms with Gasteiger partial charge >= 0.3 is 0 Å². The summed E-state index contributed by atoms with van der Waals surface area (Å²) >= 11 is 1.45. The Labute approximate surface area is 56.2 Å². The maximum Gasteiger partial charge on any atom is 0.192 e. The van der Waals surface area contributed by atoms with Crippen LogP contribution in [0.2, 0.25) is 0 Å². The van der Waals surface area contributed by atoms with Gasteiger partial charge in [0.15, 0.2) is 11.8 Å². The number of nitrogens with zero attached hydrogens (tertiary/aromatic N) is 2. The molecule has 0 amide bonds. The number of hydrogen-bond donors (Lipinski definition) is 2. The molecule has 9 heavy (non-hydrogen) atoms. The molecule has 4 nitrogen and oxygen atoms in total. The SMILES string of the molecule is NC(N)=Nc1cscn1. The van der Waals surface area contributed by atoms with Crippen LogP contribution in [0.3, 0.4) is 0 Å². The molecule has 0 radical (unpaired) electrons. The van der Waals surface area contributed by atoms with Crippen molar-refractivity contribution in [3.8, 4) is 0 Å². The van der Waals surface area contributed by atoms with Crippen molar-refractivity contribution in [2.45, 2.75) is 0 Å². The fourth-order valence-corrected chi connectivity index (χ4v) is 0.859. The molecular weight excluding hydrogens is 136 g/mol. The molecule has 0 bridgehead atoms. The van der Waals surface area contributed by atoms with Gasteiger partial charge in [-0.3, -0.25) is 0 Å². The van der Waals surface area contributed by atoms with Crippen molar-refractivity contribution >= 4 is 23.1 Å². The zero-order valence-electron chi connectivity index (χ0n) is 4.61. The van der Waals surface area contributed by atoms with Gasteiger partial charge in [0.05, 0.1) is 5.51 Å². The van der Waals surface area contributed by atoms with Crippen LogP contribution in [-0.4, -0.2) is 10.9 Å². The highest BCUT2D eigenvalue weighted by atomic mass is 32.1. The van der Waals surface area contributed by atoms with E-state index in [-0.39, 0.29) is 5.96 Å². The second-order valence-corrected chi connectivity index (χ2v) is 2.10. The van der Waals surface area contributed by atoms with E-state index in [1.807, 2.05) is 0 Å². The van der Waals surface area contributed by atoms with Gasteiger partial charge in [0.2, 0.25) is 0 Å². The Morgan fingerprint density at radius 2 is 2.44 bits per heavy atom. The van der Waals surface area contributed by atoms with E-state index in [0.29, 0.717) is 5.82 Å². The summed E-state index contributed by atoms with van der Waals surface area (Å²) in [6, 6.07) is 0. The van der Waals surface area contributed by atoms with Gasteiger partial charge in [0, 0.05) is 5.38 Å². The predicted molar refractivity (Wildman–Crippen MR) is 37.6 cm³/mol. The molecule has 0 aliphatic heterocycles. The Hall–Kier alpha value is -1.10. The second-order valence-electron chi connectivity index (χ2n) is 1.38. The Balaban J connectivity index is 2.80. The molecule has 1 aromatic heterocycles. The Bertz CT molecular complexity index is 198. The standard InChI is InChI=1S/C4H6N4S/c5-4(6)8-3-1-9-2-7-3/h1-2H,(H4,5,6,8). The summed E-state index contributed by atoms with van der Waals surface area (Å²) in [6.07, 6.45) is 0. The van der Waals surface area contributed by atoms with Crippen LogP contribution in [-0.2, 0) is 0 Å². The quantitative estimate of drug-likeness (QED) is 0.429. The van der Waals surface area contributed by atoms with Gasteiger partial charge in [-0.15, -0.1) is 11.3 Å². The predicted octanol–water partition coefficient (Wildman–Crippen LogP) is 0.0480. The minimum absolute atomic E-state index is 0.0425. The molecule has 1 rings (SSSR count). The maximum atomic E-state index is 5.08. The lowest BCUT2D eigenvalue weighted by Gasteiger charge is -1.84. The number of thiazole rings is 1. The first-order chi connectivity index (χ1) is 4.29. The zero-order chi connectivity index (χ0) is 6.69. The summed E-state index contributed by atoms with van der Waals surface area (Å²) in [5, 5.41) is 1.76. The molecule has 1 heterocycles. The van der Waals surface area contributed by atoms with Gasteiger partial charge in [0.1, 0.15) is 0 Å². The molecule has 0 saturated carbocycles. The third-order valence-electron chi connectivity index (χ3n) is 0.663. The monoisotopic (exact) mass is 142 g/mol. The lowest BCUT2D eigenvalue weighted by Crippen LogP contribution is -2.21. The summed E-state index contributed by atoms with van der Waals surface area (Å²) in [6.45, 7) is 0. The summed E-state index contributed by atoms with van der Waals surface area (Å²) in [4.78, 5) is 7.52. The number of nitrogens with two attached hydrogens (primary N) is 2. The van der Waals surface area contributed by atoms with E-state index in [1.165, 1.54) is 11.3 Å². The molecular formula is C4H6N4S. The average Bonchev–Trinajstić information content (AvgIpc) is 2.15. The number of rotatable bonds is 1. The van der Waals surface area contributed by atoms with Gasteiger partial charge in [-0.05, 0) is 0 Å². The number of hydrogen-bond acceptors (Lipinski definition) is 3. The molecule has 0 unspecified atom stereocenters. The first-order valence-electron chi connectivity index (χ1n) is 2.27. The smallest absolute Gasteiger partial charge is 0.192 e. The summed E-state index contributed by atoms with van der Waals surface area (Å²) in [5.74, 6) is 0.612. The highest BCUT2D eigenvalue weighted by Crippen LogP contribution is 2.09. The van der Waals surface area contributed by atoms with Crippen molar-refractivity contribution in [1.82, 2.24) is 4.98 Å². The van der Waals surface area contributed by atoms with Gasteiger partial charge in [-0.2, -0.15) is 4.99 Å². The molecule has 5 heteroatoms. The van der Waals surface area contributed by atoms with Crippen LogP contribution in [0.5, 0.6) is 0 Å². The Morgan fingerprint density at radius 3 is 2.89 bits per heavy atom. The van der Waals surface area contributed by atoms with Gasteiger partial charge in [-0.25, -0.2) is 4.98 Å². The van der Waals surface area contributed by atoms with Crippen molar-refractivity contribution in [3.05, 3.63) is 10.9 Å². The molecule has 0 aliphatic rings. The first kappa shape index (κ1) is 6.03. The van der Waals surface area contributed by atoms with Gasteiger partial charge < -0.3 is 11.5 Å². The minimum Gasteiger partial charge on any atom is -0.370 e. The molecule has 0 atom stereocenters. The normalized spacial score (nSPS) is 8.89. The summed E-state index contributed by atoms with van der Waals surface area (Å²) in [7, 11) is 0. The van der Waals surface area contributed by atoms with Crippen molar-refractivity contribution in [3.63, 3.8) is 0 Å². The Morgan fingerprint density at radius 1 is 1.67 bits per heavy atom. The van der Waals surface area contributed by atoms with Gasteiger partial charge in [0.25, 0.3) is 0 Å². The van der Waals surface area contributed by atoms with Crippen LogP contribution in [0.4, 0.5) is 5.82 Å². The van der Waals surface area contributed by atoms with Crippen molar-refractivity contribution < 1.29 is 0 Å². The number of guanidine groups is 1. The minimum atomic E-state index is 0.0425. The van der Waals surface area contributed by atoms with Gasteiger partial charge in [-0.1, -0.05) is 0 Å². The lowest BCUT2D eigenvalue weighted by atomic mass is 10.8. The van der Waals surface area contributed by atoms with E-state index in [4.69, 9.17) is 11.5 Å². The van der Waals surface area contributed by atoms with E-state index in [1.54, 1.807) is 10.9 Å².